The van der Waals surface area contributed by atoms with E-state index in [1.807, 2.05) is 12.3 Å². The molecule has 2 fully saturated rings. The van der Waals surface area contributed by atoms with Crippen LogP contribution in [0, 0.1) is 0 Å². The maximum absolute atomic E-state index is 6.16. The van der Waals surface area contributed by atoms with Crippen molar-refractivity contribution in [2.45, 2.75) is 77.0 Å². The van der Waals surface area contributed by atoms with Crippen LogP contribution in [0.25, 0.3) is 0 Å². The molecule has 1 aromatic heterocycles. The Hall–Kier alpha value is -0.805. The van der Waals surface area contributed by atoms with Crippen molar-refractivity contribution in [3.05, 3.63) is 12.3 Å². The van der Waals surface area contributed by atoms with E-state index in [9.17, 15) is 0 Å². The molecule has 1 aliphatic carbocycles. The molecule has 0 N–H and O–H groups in total. The van der Waals surface area contributed by atoms with Gasteiger partial charge in [0.2, 0.25) is 0 Å². The van der Waals surface area contributed by atoms with Gasteiger partial charge in [-0.1, -0.05) is 19.3 Å². The molecule has 1 aromatic rings. The Morgan fingerprint density at radius 1 is 1.10 bits per heavy atom. The molecule has 110 valence electrons. The molecule has 1 saturated carbocycles. The van der Waals surface area contributed by atoms with Gasteiger partial charge in [0, 0.05) is 6.20 Å². The fraction of sp³-hybridized carbons (Fsp3) is 0.800. The molecule has 1 aliphatic heterocycles. The van der Waals surface area contributed by atoms with Crippen LogP contribution in [0.4, 0.5) is 0 Å². The smallest absolute Gasteiger partial charge is 0.398 e. The fourth-order valence-electron chi connectivity index (χ4n) is 3.11. The van der Waals surface area contributed by atoms with E-state index in [2.05, 4.69) is 37.5 Å². The molecule has 20 heavy (non-hydrogen) atoms. The van der Waals surface area contributed by atoms with Crippen LogP contribution in [0.5, 0.6) is 0 Å². The minimum Gasteiger partial charge on any atom is -0.398 e. The van der Waals surface area contributed by atoms with Gasteiger partial charge in [-0.25, -0.2) is 0 Å². The summed E-state index contributed by atoms with van der Waals surface area (Å²) in [6.07, 6.45) is 8.25. The zero-order valence-electron chi connectivity index (χ0n) is 13.1. The quantitative estimate of drug-likeness (QED) is 0.779. The van der Waals surface area contributed by atoms with Crippen molar-refractivity contribution >= 4 is 12.7 Å². The fourth-order valence-corrected chi connectivity index (χ4v) is 3.11. The van der Waals surface area contributed by atoms with Gasteiger partial charge in [0.15, 0.2) is 0 Å². The normalized spacial score (nSPS) is 26.1. The number of hydrogen-bond donors (Lipinski definition) is 0. The highest BCUT2D eigenvalue weighted by Gasteiger charge is 2.53. The molecule has 5 heteroatoms. The SMILES string of the molecule is CC1(C)OB(c2ccnn2C2CCCCC2)OC1(C)C. The van der Waals surface area contributed by atoms with E-state index in [-0.39, 0.29) is 18.3 Å². The highest BCUT2D eigenvalue weighted by Crippen LogP contribution is 2.37. The molecule has 2 heterocycles. The Bertz CT molecular complexity index is 462. The lowest BCUT2D eigenvalue weighted by atomic mass is 9.83. The molecule has 2 aliphatic rings. The molecule has 0 amide bonds. The Kier molecular flexibility index (Phi) is 3.45. The number of rotatable bonds is 2. The maximum Gasteiger partial charge on any atom is 0.514 e. The average Bonchev–Trinajstić information content (AvgIpc) is 2.94. The minimum atomic E-state index is -0.301. The molecule has 0 bridgehead atoms. The standard InChI is InChI=1S/C15H25BN2O2/c1-14(2)15(3,4)20-16(19-14)13-10-11-17-18(13)12-8-6-5-7-9-12/h10-12H,5-9H2,1-4H3. The van der Waals surface area contributed by atoms with Crippen molar-refractivity contribution in [1.29, 1.82) is 0 Å². The zero-order chi connectivity index (χ0) is 14.4. The van der Waals surface area contributed by atoms with E-state index < -0.39 is 0 Å². The number of aromatic nitrogens is 2. The first-order chi connectivity index (χ1) is 9.41. The van der Waals surface area contributed by atoms with E-state index in [0.717, 1.165) is 5.59 Å². The van der Waals surface area contributed by atoms with E-state index >= 15 is 0 Å². The lowest BCUT2D eigenvalue weighted by molar-refractivity contribution is 0.00578. The van der Waals surface area contributed by atoms with E-state index in [1.54, 1.807) is 0 Å². The Labute approximate surface area is 122 Å². The molecule has 4 nitrogen and oxygen atoms in total. The third-order valence-corrected chi connectivity index (χ3v) is 5.12. The molecule has 0 unspecified atom stereocenters. The summed E-state index contributed by atoms with van der Waals surface area (Å²) in [6.45, 7) is 8.37. The lowest BCUT2D eigenvalue weighted by Gasteiger charge is -2.32. The summed E-state index contributed by atoms with van der Waals surface area (Å²) < 4.78 is 14.5. The van der Waals surface area contributed by atoms with Crippen LogP contribution in [0.1, 0.15) is 65.8 Å². The van der Waals surface area contributed by atoms with Crippen LogP contribution in [0.2, 0.25) is 0 Å². The largest absolute Gasteiger partial charge is 0.514 e. The Morgan fingerprint density at radius 3 is 2.30 bits per heavy atom. The molecular formula is C15H25BN2O2. The molecule has 0 spiro atoms. The molecule has 3 rings (SSSR count). The Balaban J connectivity index is 1.84. The predicted molar refractivity (Wildman–Crippen MR) is 80.1 cm³/mol. The minimum absolute atomic E-state index is 0.292. The molecule has 0 atom stereocenters. The van der Waals surface area contributed by atoms with Crippen LogP contribution in [0.15, 0.2) is 12.3 Å². The average molecular weight is 276 g/mol. The Morgan fingerprint density at radius 2 is 1.70 bits per heavy atom. The van der Waals surface area contributed by atoms with Crippen molar-refractivity contribution in [3.8, 4) is 0 Å². The van der Waals surface area contributed by atoms with E-state index in [1.165, 1.54) is 32.1 Å². The van der Waals surface area contributed by atoms with Gasteiger partial charge in [-0.2, -0.15) is 5.10 Å². The van der Waals surface area contributed by atoms with Crippen LogP contribution in [-0.2, 0) is 9.31 Å². The van der Waals surface area contributed by atoms with Gasteiger partial charge in [-0.3, -0.25) is 4.68 Å². The van der Waals surface area contributed by atoms with Gasteiger partial charge in [0.25, 0.3) is 0 Å². The summed E-state index contributed by atoms with van der Waals surface area (Å²) in [7, 11) is -0.301. The van der Waals surface area contributed by atoms with Crippen LogP contribution in [0.3, 0.4) is 0 Å². The molecular weight excluding hydrogens is 251 g/mol. The van der Waals surface area contributed by atoms with Crippen molar-refractivity contribution in [1.82, 2.24) is 9.78 Å². The predicted octanol–water partition coefficient (Wildman–Crippen LogP) is 2.69. The van der Waals surface area contributed by atoms with Gasteiger partial charge < -0.3 is 9.31 Å². The summed E-state index contributed by atoms with van der Waals surface area (Å²) in [5.74, 6) is 0. The summed E-state index contributed by atoms with van der Waals surface area (Å²) in [5.41, 5.74) is 0.481. The second-order valence-corrected chi connectivity index (χ2v) is 7.08. The van der Waals surface area contributed by atoms with Gasteiger partial charge in [0.05, 0.1) is 22.8 Å². The van der Waals surface area contributed by atoms with Gasteiger partial charge in [-0.05, 0) is 46.6 Å². The van der Waals surface area contributed by atoms with E-state index in [0.29, 0.717) is 6.04 Å². The van der Waals surface area contributed by atoms with Crippen LogP contribution >= 0.6 is 0 Å². The highest BCUT2D eigenvalue weighted by molar-refractivity contribution is 6.61. The summed E-state index contributed by atoms with van der Waals surface area (Å²) in [4.78, 5) is 0. The lowest BCUT2D eigenvalue weighted by Crippen LogP contribution is -2.41. The second kappa shape index (κ2) is 4.88. The molecule has 1 saturated heterocycles. The summed E-state index contributed by atoms with van der Waals surface area (Å²) in [6, 6.07) is 2.55. The first-order valence-corrected chi connectivity index (χ1v) is 7.80. The van der Waals surface area contributed by atoms with Crippen molar-refractivity contribution in [3.63, 3.8) is 0 Å². The first kappa shape index (κ1) is 14.1. The first-order valence-electron chi connectivity index (χ1n) is 7.80. The van der Waals surface area contributed by atoms with E-state index in [4.69, 9.17) is 9.31 Å². The monoisotopic (exact) mass is 276 g/mol. The topological polar surface area (TPSA) is 36.3 Å². The van der Waals surface area contributed by atoms with Crippen molar-refractivity contribution < 1.29 is 9.31 Å². The van der Waals surface area contributed by atoms with Crippen molar-refractivity contribution in [2.75, 3.05) is 0 Å². The number of hydrogen-bond acceptors (Lipinski definition) is 3. The second-order valence-electron chi connectivity index (χ2n) is 7.08. The van der Waals surface area contributed by atoms with Crippen LogP contribution < -0.4 is 5.59 Å². The highest BCUT2D eigenvalue weighted by atomic mass is 16.7. The number of nitrogens with zero attached hydrogens (tertiary/aromatic N) is 2. The summed E-state index contributed by atoms with van der Waals surface area (Å²) >= 11 is 0. The van der Waals surface area contributed by atoms with Crippen molar-refractivity contribution in [2.24, 2.45) is 0 Å². The van der Waals surface area contributed by atoms with Gasteiger partial charge in [0.1, 0.15) is 0 Å². The zero-order valence-corrected chi connectivity index (χ0v) is 13.1. The third kappa shape index (κ3) is 2.31. The van der Waals surface area contributed by atoms with Crippen LogP contribution in [-0.4, -0.2) is 28.1 Å². The molecule has 0 radical (unpaired) electrons. The van der Waals surface area contributed by atoms with Gasteiger partial charge >= 0.3 is 7.12 Å². The molecule has 0 aromatic carbocycles. The third-order valence-electron chi connectivity index (χ3n) is 5.12. The maximum atomic E-state index is 6.16. The van der Waals surface area contributed by atoms with Gasteiger partial charge in [-0.15, -0.1) is 0 Å². The summed E-state index contributed by atoms with van der Waals surface area (Å²) in [5, 5.41) is 4.54.